The van der Waals surface area contributed by atoms with E-state index >= 15 is 0 Å². The Kier molecular flexibility index (Phi) is 7.44. The van der Waals surface area contributed by atoms with Crippen molar-refractivity contribution in [1.29, 1.82) is 0 Å². The Balaban J connectivity index is 4.16. The summed E-state index contributed by atoms with van der Waals surface area (Å²) in [5.74, 6) is 0. The van der Waals surface area contributed by atoms with Gasteiger partial charge in [0.2, 0.25) is 0 Å². The van der Waals surface area contributed by atoms with E-state index in [0.29, 0.717) is 19.4 Å². The van der Waals surface area contributed by atoms with Gasteiger partial charge < -0.3 is 9.84 Å². The molecule has 0 saturated heterocycles. The molecule has 14 heavy (non-hydrogen) atoms. The summed E-state index contributed by atoms with van der Waals surface area (Å²) in [5.41, 5.74) is -0.487. The summed E-state index contributed by atoms with van der Waals surface area (Å²) in [6.45, 7) is 10.2. The Hall–Kier alpha value is -0.600. The molecule has 0 aliphatic heterocycles. The minimum atomic E-state index is -0.487. The normalized spacial score (nSPS) is 11.3. The fourth-order valence-electron chi connectivity index (χ4n) is 1.34. The molecule has 0 spiro atoms. The number of rotatable bonds is 9. The van der Waals surface area contributed by atoms with Gasteiger partial charge in [-0.2, -0.15) is 0 Å². The lowest BCUT2D eigenvalue weighted by Gasteiger charge is -2.30. The van der Waals surface area contributed by atoms with Crippen LogP contribution in [0.25, 0.3) is 0 Å². The van der Waals surface area contributed by atoms with E-state index in [1.54, 1.807) is 12.2 Å². The first-order valence-corrected chi connectivity index (χ1v) is 5.21. The first-order valence-electron chi connectivity index (χ1n) is 5.21. The molecular weight excluding hydrogens is 176 g/mol. The predicted molar refractivity (Wildman–Crippen MR) is 60.3 cm³/mol. The molecule has 0 fully saturated rings. The molecular formula is C12H22O2. The number of hydrogen-bond donors (Lipinski definition) is 1. The molecule has 0 saturated carbocycles. The van der Waals surface area contributed by atoms with Crippen LogP contribution in [0.5, 0.6) is 0 Å². The molecule has 2 nitrogen and oxygen atoms in total. The van der Waals surface area contributed by atoms with Crippen molar-refractivity contribution in [3.8, 4) is 0 Å². The highest BCUT2D eigenvalue weighted by atomic mass is 16.5. The Morgan fingerprint density at radius 3 is 2.21 bits per heavy atom. The van der Waals surface area contributed by atoms with E-state index in [1.807, 2.05) is 0 Å². The highest BCUT2D eigenvalue weighted by molar-refractivity contribution is 4.93. The Morgan fingerprint density at radius 2 is 1.86 bits per heavy atom. The van der Waals surface area contributed by atoms with Gasteiger partial charge in [0, 0.05) is 6.61 Å². The SMILES string of the molecule is C=CCC(CO)(CC=C)OCCCC. The standard InChI is InChI=1S/C12H22O2/c1-4-7-10-14-12(11-13,8-5-2)9-6-3/h5-6,13H,2-4,7-11H2,1H3. The third-order valence-corrected chi connectivity index (χ3v) is 2.23. The second-order valence-electron chi connectivity index (χ2n) is 3.53. The highest BCUT2D eigenvalue weighted by Gasteiger charge is 2.26. The average Bonchev–Trinajstić information content (AvgIpc) is 2.19. The largest absolute Gasteiger partial charge is 0.393 e. The first-order chi connectivity index (χ1) is 6.74. The summed E-state index contributed by atoms with van der Waals surface area (Å²) in [6.07, 6.45) is 7.02. The van der Waals surface area contributed by atoms with Gasteiger partial charge in [0.15, 0.2) is 0 Å². The van der Waals surface area contributed by atoms with Crippen molar-refractivity contribution < 1.29 is 9.84 Å². The number of aliphatic hydroxyl groups is 1. The number of aliphatic hydroxyl groups excluding tert-OH is 1. The fourth-order valence-corrected chi connectivity index (χ4v) is 1.34. The third kappa shape index (κ3) is 4.58. The molecule has 0 aromatic heterocycles. The molecule has 0 aromatic carbocycles. The summed E-state index contributed by atoms with van der Waals surface area (Å²) >= 11 is 0. The van der Waals surface area contributed by atoms with Crippen LogP contribution in [0.4, 0.5) is 0 Å². The van der Waals surface area contributed by atoms with Crippen LogP contribution < -0.4 is 0 Å². The zero-order valence-electron chi connectivity index (χ0n) is 9.17. The lowest BCUT2D eigenvalue weighted by atomic mass is 9.96. The van der Waals surface area contributed by atoms with Crippen molar-refractivity contribution in [3.05, 3.63) is 25.3 Å². The van der Waals surface area contributed by atoms with Gasteiger partial charge in [-0.3, -0.25) is 0 Å². The number of unbranched alkanes of at least 4 members (excludes halogenated alkanes) is 1. The predicted octanol–water partition coefficient (Wildman–Crippen LogP) is 2.69. The van der Waals surface area contributed by atoms with Crippen LogP contribution in [0.2, 0.25) is 0 Å². The molecule has 0 bridgehead atoms. The van der Waals surface area contributed by atoms with Crippen LogP contribution in [0.15, 0.2) is 25.3 Å². The Morgan fingerprint density at radius 1 is 1.29 bits per heavy atom. The first kappa shape index (κ1) is 13.4. The maximum atomic E-state index is 9.32. The highest BCUT2D eigenvalue weighted by Crippen LogP contribution is 2.21. The molecule has 82 valence electrons. The van der Waals surface area contributed by atoms with E-state index in [2.05, 4.69) is 20.1 Å². The van der Waals surface area contributed by atoms with E-state index in [-0.39, 0.29) is 6.61 Å². The fraction of sp³-hybridized carbons (Fsp3) is 0.667. The van der Waals surface area contributed by atoms with Crippen LogP contribution >= 0.6 is 0 Å². The topological polar surface area (TPSA) is 29.5 Å². The van der Waals surface area contributed by atoms with Crippen LogP contribution in [-0.2, 0) is 4.74 Å². The second kappa shape index (κ2) is 7.77. The van der Waals surface area contributed by atoms with E-state index in [0.717, 1.165) is 12.8 Å². The number of hydrogen-bond acceptors (Lipinski definition) is 2. The van der Waals surface area contributed by atoms with Crippen LogP contribution in [-0.4, -0.2) is 23.9 Å². The van der Waals surface area contributed by atoms with Crippen molar-refractivity contribution in [2.24, 2.45) is 0 Å². The summed E-state index contributed by atoms with van der Waals surface area (Å²) < 4.78 is 5.71. The molecule has 0 aliphatic carbocycles. The molecule has 0 unspecified atom stereocenters. The van der Waals surface area contributed by atoms with E-state index in [9.17, 15) is 5.11 Å². The van der Waals surface area contributed by atoms with Crippen molar-refractivity contribution in [1.82, 2.24) is 0 Å². The molecule has 0 heterocycles. The smallest absolute Gasteiger partial charge is 0.0980 e. The maximum absolute atomic E-state index is 9.32. The summed E-state index contributed by atoms with van der Waals surface area (Å²) in [4.78, 5) is 0. The molecule has 0 rings (SSSR count). The van der Waals surface area contributed by atoms with Crippen molar-refractivity contribution in [3.63, 3.8) is 0 Å². The van der Waals surface area contributed by atoms with Crippen molar-refractivity contribution >= 4 is 0 Å². The van der Waals surface area contributed by atoms with Gasteiger partial charge in [-0.05, 0) is 19.3 Å². The third-order valence-electron chi connectivity index (χ3n) is 2.23. The molecule has 0 aliphatic rings. The Labute approximate surface area is 87.3 Å². The average molecular weight is 198 g/mol. The van der Waals surface area contributed by atoms with Gasteiger partial charge in [0.1, 0.15) is 0 Å². The zero-order chi connectivity index (χ0) is 10.9. The van der Waals surface area contributed by atoms with E-state index in [4.69, 9.17) is 4.74 Å². The number of ether oxygens (including phenoxy) is 1. The molecule has 1 N–H and O–H groups in total. The van der Waals surface area contributed by atoms with Crippen LogP contribution in [0, 0.1) is 0 Å². The van der Waals surface area contributed by atoms with Gasteiger partial charge in [0.25, 0.3) is 0 Å². The monoisotopic (exact) mass is 198 g/mol. The quantitative estimate of drug-likeness (QED) is 0.456. The lowest BCUT2D eigenvalue weighted by molar-refractivity contribution is -0.0763. The minimum absolute atomic E-state index is 0.0226. The van der Waals surface area contributed by atoms with Gasteiger partial charge in [-0.15, -0.1) is 13.2 Å². The maximum Gasteiger partial charge on any atom is 0.0980 e. The van der Waals surface area contributed by atoms with Crippen molar-refractivity contribution in [2.45, 2.75) is 38.2 Å². The van der Waals surface area contributed by atoms with Crippen molar-refractivity contribution in [2.75, 3.05) is 13.2 Å². The molecule has 0 atom stereocenters. The van der Waals surface area contributed by atoms with Gasteiger partial charge >= 0.3 is 0 Å². The van der Waals surface area contributed by atoms with E-state index < -0.39 is 5.60 Å². The van der Waals surface area contributed by atoms with Gasteiger partial charge in [0.05, 0.1) is 12.2 Å². The zero-order valence-corrected chi connectivity index (χ0v) is 9.17. The van der Waals surface area contributed by atoms with Gasteiger partial charge in [-0.25, -0.2) is 0 Å². The molecule has 0 amide bonds. The summed E-state index contributed by atoms with van der Waals surface area (Å²) in [6, 6.07) is 0. The minimum Gasteiger partial charge on any atom is -0.393 e. The van der Waals surface area contributed by atoms with Crippen LogP contribution in [0.1, 0.15) is 32.6 Å². The summed E-state index contributed by atoms with van der Waals surface area (Å²) in [7, 11) is 0. The lowest BCUT2D eigenvalue weighted by Crippen LogP contribution is -2.36. The molecule has 0 radical (unpaired) electrons. The molecule has 0 aromatic rings. The van der Waals surface area contributed by atoms with Crippen LogP contribution in [0.3, 0.4) is 0 Å². The summed E-state index contributed by atoms with van der Waals surface area (Å²) in [5, 5.41) is 9.32. The van der Waals surface area contributed by atoms with E-state index in [1.165, 1.54) is 0 Å². The molecule has 2 heteroatoms. The van der Waals surface area contributed by atoms with Gasteiger partial charge in [-0.1, -0.05) is 25.5 Å². The Bertz CT molecular complexity index is 154. The second-order valence-corrected chi connectivity index (χ2v) is 3.53.